The number of carboxylic acids is 1. The predicted octanol–water partition coefficient (Wildman–Crippen LogP) is 4.44. The maximum atomic E-state index is 11.2. The maximum absolute atomic E-state index is 11.2. The third-order valence-electron chi connectivity index (χ3n) is 3.62. The van der Waals surface area contributed by atoms with Gasteiger partial charge in [-0.15, -0.1) is 0 Å². The van der Waals surface area contributed by atoms with Gasteiger partial charge in [-0.05, 0) is 19.3 Å². The highest BCUT2D eigenvalue weighted by atomic mass is 16.4. The summed E-state index contributed by atoms with van der Waals surface area (Å²) in [6.07, 6.45) is 18.3. The minimum absolute atomic E-state index is 0.199. The zero-order chi connectivity index (χ0) is 16.5. The molecule has 0 saturated carbocycles. The first-order valence-electron chi connectivity index (χ1n) is 8.80. The lowest BCUT2D eigenvalue weighted by Crippen LogP contribution is -2.28. The van der Waals surface area contributed by atoms with Gasteiger partial charge in [-0.3, -0.25) is 9.59 Å². The highest BCUT2D eigenvalue weighted by molar-refractivity contribution is 5.81. The van der Waals surface area contributed by atoms with E-state index in [1.807, 2.05) is 6.08 Å². The number of aliphatic carboxylic acids is 1. The largest absolute Gasteiger partial charge is 0.480 e. The molecule has 128 valence electrons. The van der Waals surface area contributed by atoms with Gasteiger partial charge in [-0.25, -0.2) is 0 Å². The van der Waals surface area contributed by atoms with Crippen LogP contribution in [0, 0.1) is 0 Å². The van der Waals surface area contributed by atoms with E-state index in [2.05, 4.69) is 18.3 Å². The summed E-state index contributed by atoms with van der Waals surface area (Å²) < 4.78 is 0. The molecule has 0 aromatic rings. The standard InChI is InChI=1S/C18H33NO3/c1-2-3-4-5-6-7-8-9-10-11-12-13-14-15-17(20)19-16-18(21)22/h12-13H,2-11,14-16H2,1H3,(H,19,20)(H,21,22)/b13-12-. The van der Waals surface area contributed by atoms with Gasteiger partial charge in [-0.2, -0.15) is 0 Å². The van der Waals surface area contributed by atoms with Gasteiger partial charge in [0.1, 0.15) is 6.54 Å². The number of rotatable bonds is 15. The number of carbonyl (C=O) groups is 2. The lowest BCUT2D eigenvalue weighted by molar-refractivity contribution is -0.137. The normalized spacial score (nSPS) is 11.0. The van der Waals surface area contributed by atoms with Gasteiger partial charge in [0.05, 0.1) is 0 Å². The Labute approximate surface area is 135 Å². The molecule has 0 atom stereocenters. The van der Waals surface area contributed by atoms with Crippen LogP contribution in [0.4, 0.5) is 0 Å². The molecule has 0 aliphatic rings. The van der Waals surface area contributed by atoms with Crippen molar-refractivity contribution >= 4 is 11.9 Å². The number of nitrogens with one attached hydrogen (secondary N) is 1. The van der Waals surface area contributed by atoms with Crippen LogP contribution in [0.25, 0.3) is 0 Å². The molecule has 0 rings (SSSR count). The molecule has 22 heavy (non-hydrogen) atoms. The Morgan fingerprint density at radius 1 is 0.864 bits per heavy atom. The van der Waals surface area contributed by atoms with Crippen molar-refractivity contribution < 1.29 is 14.7 Å². The molecule has 0 aromatic heterocycles. The molecule has 0 aromatic carbocycles. The summed E-state index contributed by atoms with van der Waals surface area (Å²) in [7, 11) is 0. The number of carbonyl (C=O) groups excluding carboxylic acids is 1. The number of allylic oxidation sites excluding steroid dienone is 2. The molecule has 2 N–H and O–H groups in total. The Balaban J connectivity index is 3.24. The molecular formula is C18H33NO3. The van der Waals surface area contributed by atoms with Crippen LogP contribution in [0.1, 0.15) is 84.0 Å². The van der Waals surface area contributed by atoms with E-state index in [-0.39, 0.29) is 12.5 Å². The first kappa shape index (κ1) is 20.7. The van der Waals surface area contributed by atoms with Crippen molar-refractivity contribution in [3.05, 3.63) is 12.2 Å². The van der Waals surface area contributed by atoms with E-state index in [9.17, 15) is 9.59 Å². The Morgan fingerprint density at radius 3 is 2.00 bits per heavy atom. The number of carboxylic acid groups (broad SMARTS) is 1. The van der Waals surface area contributed by atoms with Gasteiger partial charge in [0.15, 0.2) is 0 Å². The molecule has 0 fully saturated rings. The van der Waals surface area contributed by atoms with E-state index in [1.165, 1.54) is 57.8 Å². The van der Waals surface area contributed by atoms with E-state index in [1.54, 1.807) is 0 Å². The summed E-state index contributed by atoms with van der Waals surface area (Å²) in [6, 6.07) is 0. The molecule has 0 heterocycles. The summed E-state index contributed by atoms with van der Waals surface area (Å²) in [5.41, 5.74) is 0. The average Bonchev–Trinajstić information content (AvgIpc) is 2.49. The van der Waals surface area contributed by atoms with E-state index in [0.29, 0.717) is 12.8 Å². The lowest BCUT2D eigenvalue weighted by Gasteiger charge is -2.01. The molecular weight excluding hydrogens is 278 g/mol. The van der Waals surface area contributed by atoms with Gasteiger partial charge in [0, 0.05) is 6.42 Å². The van der Waals surface area contributed by atoms with Crippen LogP contribution in [-0.2, 0) is 9.59 Å². The van der Waals surface area contributed by atoms with Crippen LogP contribution in [-0.4, -0.2) is 23.5 Å². The maximum Gasteiger partial charge on any atom is 0.322 e. The summed E-state index contributed by atoms with van der Waals surface area (Å²) in [6.45, 7) is 1.96. The average molecular weight is 311 g/mol. The Hall–Kier alpha value is -1.32. The van der Waals surface area contributed by atoms with Crippen molar-refractivity contribution in [1.82, 2.24) is 5.32 Å². The minimum Gasteiger partial charge on any atom is -0.480 e. The van der Waals surface area contributed by atoms with Crippen molar-refractivity contribution in [1.29, 1.82) is 0 Å². The third-order valence-corrected chi connectivity index (χ3v) is 3.62. The van der Waals surface area contributed by atoms with Crippen molar-refractivity contribution in [2.24, 2.45) is 0 Å². The molecule has 0 radical (unpaired) electrons. The third kappa shape index (κ3) is 16.7. The SMILES string of the molecule is CCCCCCCCCCC/C=C\CCC(=O)NCC(=O)O. The monoisotopic (exact) mass is 311 g/mol. The summed E-state index contributed by atoms with van der Waals surface area (Å²) >= 11 is 0. The van der Waals surface area contributed by atoms with Gasteiger partial charge >= 0.3 is 5.97 Å². The zero-order valence-corrected chi connectivity index (χ0v) is 14.1. The van der Waals surface area contributed by atoms with E-state index < -0.39 is 5.97 Å². The highest BCUT2D eigenvalue weighted by Gasteiger charge is 2.01. The first-order chi connectivity index (χ1) is 10.7. The van der Waals surface area contributed by atoms with Crippen LogP contribution >= 0.6 is 0 Å². The number of hydrogen-bond acceptors (Lipinski definition) is 2. The van der Waals surface area contributed by atoms with E-state index >= 15 is 0 Å². The molecule has 4 heteroatoms. The van der Waals surface area contributed by atoms with E-state index in [4.69, 9.17) is 5.11 Å². The topological polar surface area (TPSA) is 66.4 Å². The second kappa shape index (κ2) is 16.1. The number of unbranched alkanes of at least 4 members (excludes halogenated alkanes) is 9. The van der Waals surface area contributed by atoms with Crippen LogP contribution < -0.4 is 5.32 Å². The van der Waals surface area contributed by atoms with Crippen molar-refractivity contribution in [3.63, 3.8) is 0 Å². The summed E-state index contributed by atoms with van der Waals surface area (Å²) in [4.78, 5) is 21.5. The van der Waals surface area contributed by atoms with Gasteiger partial charge in [-0.1, -0.05) is 70.4 Å². The molecule has 0 unspecified atom stereocenters. The highest BCUT2D eigenvalue weighted by Crippen LogP contribution is 2.10. The van der Waals surface area contributed by atoms with Crippen LogP contribution in [0.2, 0.25) is 0 Å². The fourth-order valence-electron chi connectivity index (χ4n) is 2.29. The molecule has 0 spiro atoms. The molecule has 0 aliphatic heterocycles. The minimum atomic E-state index is -1.01. The smallest absolute Gasteiger partial charge is 0.322 e. The van der Waals surface area contributed by atoms with Crippen molar-refractivity contribution in [3.8, 4) is 0 Å². The summed E-state index contributed by atoms with van der Waals surface area (Å²) in [5.74, 6) is -1.20. The van der Waals surface area contributed by atoms with Crippen molar-refractivity contribution in [2.45, 2.75) is 84.0 Å². The Bertz CT molecular complexity index is 313. The van der Waals surface area contributed by atoms with Crippen LogP contribution in [0.3, 0.4) is 0 Å². The first-order valence-corrected chi connectivity index (χ1v) is 8.80. The predicted molar refractivity (Wildman–Crippen MR) is 90.9 cm³/mol. The summed E-state index contributed by atoms with van der Waals surface area (Å²) in [5, 5.41) is 10.8. The van der Waals surface area contributed by atoms with Crippen LogP contribution in [0.15, 0.2) is 12.2 Å². The molecule has 0 bridgehead atoms. The quantitative estimate of drug-likeness (QED) is 0.347. The Morgan fingerprint density at radius 2 is 1.41 bits per heavy atom. The number of hydrogen-bond donors (Lipinski definition) is 2. The zero-order valence-electron chi connectivity index (χ0n) is 14.1. The molecule has 0 aliphatic carbocycles. The van der Waals surface area contributed by atoms with Gasteiger partial charge in [0.25, 0.3) is 0 Å². The molecule has 0 saturated heterocycles. The van der Waals surface area contributed by atoms with Crippen LogP contribution in [0.5, 0.6) is 0 Å². The Kier molecular flexibility index (Phi) is 15.1. The lowest BCUT2D eigenvalue weighted by atomic mass is 10.1. The van der Waals surface area contributed by atoms with E-state index in [0.717, 1.165) is 6.42 Å². The van der Waals surface area contributed by atoms with Gasteiger partial charge < -0.3 is 10.4 Å². The van der Waals surface area contributed by atoms with Gasteiger partial charge in [0.2, 0.25) is 5.91 Å². The fourth-order valence-corrected chi connectivity index (χ4v) is 2.29. The molecule has 1 amide bonds. The second-order valence-corrected chi connectivity index (χ2v) is 5.80. The molecule has 4 nitrogen and oxygen atoms in total. The van der Waals surface area contributed by atoms with Crippen molar-refractivity contribution in [2.75, 3.05) is 6.54 Å². The second-order valence-electron chi connectivity index (χ2n) is 5.80. The fraction of sp³-hybridized carbons (Fsp3) is 0.778. The number of amides is 1.